The molecule has 0 aromatic carbocycles. The molecule has 31 heavy (non-hydrogen) atoms. The number of pyridine rings is 1. The Morgan fingerprint density at radius 3 is 2.65 bits per heavy atom. The zero-order valence-corrected chi connectivity index (χ0v) is 17.5. The van der Waals surface area contributed by atoms with Gasteiger partial charge in [-0.2, -0.15) is 5.10 Å². The Morgan fingerprint density at radius 2 is 1.87 bits per heavy atom. The molecule has 0 N–H and O–H groups in total. The molecule has 3 aromatic heterocycles. The summed E-state index contributed by atoms with van der Waals surface area (Å²) in [5.41, 5.74) is 1.86. The lowest BCUT2D eigenvalue weighted by Crippen LogP contribution is -2.38. The summed E-state index contributed by atoms with van der Waals surface area (Å²) in [7, 11) is 0. The second-order valence-corrected chi connectivity index (χ2v) is 9.19. The van der Waals surface area contributed by atoms with E-state index in [1.54, 1.807) is 12.4 Å². The maximum atomic E-state index is 6.49. The molecule has 1 aliphatic heterocycles. The van der Waals surface area contributed by atoms with E-state index >= 15 is 0 Å². The number of nitrogens with zero attached hydrogens (tertiary/aromatic N) is 7. The van der Waals surface area contributed by atoms with Gasteiger partial charge in [0.05, 0.1) is 18.3 Å². The standard InChI is InChI=1S/C23H27N7O/c1-3-17(11-24-7-1)20-14-30(28-26-20)21-9-18-12-29(23-4-2-8-25-27-23)13-19(18)10-22(21)31-15-16-5-6-16/h1-4,7-8,11,14,16,18-19,21-22H,5-6,9-10,12-13,15H2/t18-,19+,21-,22-/m1/s1. The molecule has 4 atom stereocenters. The third kappa shape index (κ3) is 3.92. The molecule has 160 valence electrons. The van der Waals surface area contributed by atoms with Gasteiger partial charge in [0.15, 0.2) is 5.82 Å². The fraction of sp³-hybridized carbons (Fsp3) is 0.522. The number of fused-ring (bicyclic) bond motifs is 1. The molecule has 3 aliphatic rings. The van der Waals surface area contributed by atoms with Gasteiger partial charge in [0.1, 0.15) is 5.69 Å². The van der Waals surface area contributed by atoms with Crippen molar-refractivity contribution in [3.8, 4) is 11.3 Å². The fourth-order valence-corrected chi connectivity index (χ4v) is 5.13. The summed E-state index contributed by atoms with van der Waals surface area (Å²) in [6.07, 6.45) is 12.3. The van der Waals surface area contributed by atoms with Crippen LogP contribution in [0.1, 0.15) is 31.7 Å². The average molecular weight is 418 g/mol. The Morgan fingerprint density at radius 1 is 1.00 bits per heavy atom. The van der Waals surface area contributed by atoms with Crippen molar-refractivity contribution in [2.75, 3.05) is 24.6 Å². The molecule has 8 heteroatoms. The van der Waals surface area contributed by atoms with Gasteiger partial charge in [-0.1, -0.05) is 5.21 Å². The van der Waals surface area contributed by atoms with Crippen LogP contribution in [0.25, 0.3) is 11.3 Å². The molecular weight excluding hydrogens is 390 g/mol. The second-order valence-electron chi connectivity index (χ2n) is 9.19. The fourth-order valence-electron chi connectivity index (χ4n) is 5.13. The smallest absolute Gasteiger partial charge is 0.151 e. The Hall–Kier alpha value is -2.87. The highest BCUT2D eigenvalue weighted by atomic mass is 16.5. The molecule has 0 radical (unpaired) electrons. The minimum Gasteiger partial charge on any atom is -0.376 e. The summed E-state index contributed by atoms with van der Waals surface area (Å²) in [6, 6.07) is 8.18. The van der Waals surface area contributed by atoms with E-state index in [0.29, 0.717) is 11.8 Å². The van der Waals surface area contributed by atoms with Gasteiger partial charge in [0.25, 0.3) is 0 Å². The minimum absolute atomic E-state index is 0.173. The van der Waals surface area contributed by atoms with Crippen LogP contribution >= 0.6 is 0 Å². The van der Waals surface area contributed by atoms with Crippen molar-refractivity contribution in [2.24, 2.45) is 17.8 Å². The van der Waals surface area contributed by atoms with Crippen molar-refractivity contribution in [3.05, 3.63) is 49.1 Å². The summed E-state index contributed by atoms with van der Waals surface area (Å²) in [4.78, 5) is 6.60. The van der Waals surface area contributed by atoms with Crippen molar-refractivity contribution in [3.63, 3.8) is 0 Å². The SMILES string of the molecule is c1cncc(-c2cn([C@@H]3C[C@@H]4CN(c5cccnn5)C[C@@H]4C[C@H]3OCC3CC3)nn2)c1. The van der Waals surface area contributed by atoms with Crippen molar-refractivity contribution < 1.29 is 4.74 Å². The molecule has 8 nitrogen and oxygen atoms in total. The van der Waals surface area contributed by atoms with E-state index in [9.17, 15) is 0 Å². The highest BCUT2D eigenvalue weighted by molar-refractivity contribution is 5.55. The van der Waals surface area contributed by atoms with Crippen LogP contribution < -0.4 is 4.90 Å². The summed E-state index contributed by atoms with van der Waals surface area (Å²) >= 11 is 0. The second kappa shape index (κ2) is 8.00. The van der Waals surface area contributed by atoms with Crippen LogP contribution in [0, 0.1) is 17.8 Å². The molecule has 0 bridgehead atoms. The number of hydrogen-bond donors (Lipinski definition) is 0. The molecule has 3 fully saturated rings. The van der Waals surface area contributed by atoms with Crippen LogP contribution in [0.3, 0.4) is 0 Å². The molecule has 2 saturated carbocycles. The predicted octanol–water partition coefficient (Wildman–Crippen LogP) is 3.01. The van der Waals surface area contributed by atoms with Crippen molar-refractivity contribution >= 4 is 5.82 Å². The Balaban J connectivity index is 1.23. The maximum Gasteiger partial charge on any atom is 0.151 e. The quantitative estimate of drug-likeness (QED) is 0.610. The molecule has 0 unspecified atom stereocenters. The van der Waals surface area contributed by atoms with Crippen LogP contribution in [-0.4, -0.2) is 56.0 Å². The summed E-state index contributed by atoms with van der Waals surface area (Å²) < 4.78 is 8.53. The largest absolute Gasteiger partial charge is 0.376 e. The molecule has 1 saturated heterocycles. The van der Waals surface area contributed by atoms with E-state index < -0.39 is 0 Å². The first-order valence-electron chi connectivity index (χ1n) is 11.3. The highest BCUT2D eigenvalue weighted by Crippen LogP contribution is 2.44. The molecular formula is C23H27N7O. The van der Waals surface area contributed by atoms with E-state index in [2.05, 4.69) is 42.7 Å². The van der Waals surface area contributed by atoms with Crippen LogP contribution in [0.15, 0.2) is 49.1 Å². The van der Waals surface area contributed by atoms with Gasteiger partial charge >= 0.3 is 0 Å². The van der Waals surface area contributed by atoms with E-state index in [1.165, 1.54) is 12.8 Å². The summed E-state index contributed by atoms with van der Waals surface area (Å²) in [5.74, 6) is 2.94. The third-order valence-electron chi connectivity index (χ3n) is 7.02. The van der Waals surface area contributed by atoms with Crippen LogP contribution in [0.2, 0.25) is 0 Å². The first-order valence-corrected chi connectivity index (χ1v) is 11.3. The van der Waals surface area contributed by atoms with Crippen LogP contribution in [0.5, 0.6) is 0 Å². The van der Waals surface area contributed by atoms with Gasteiger partial charge in [-0.15, -0.1) is 10.2 Å². The predicted molar refractivity (Wildman–Crippen MR) is 115 cm³/mol. The molecule has 4 heterocycles. The zero-order valence-electron chi connectivity index (χ0n) is 17.5. The molecule has 0 spiro atoms. The monoisotopic (exact) mass is 417 g/mol. The number of hydrogen-bond acceptors (Lipinski definition) is 7. The highest BCUT2D eigenvalue weighted by Gasteiger charge is 2.44. The van der Waals surface area contributed by atoms with Crippen molar-refractivity contribution in [1.82, 2.24) is 30.2 Å². The topological polar surface area (TPSA) is 81.9 Å². The van der Waals surface area contributed by atoms with Gasteiger partial charge in [-0.05, 0) is 67.7 Å². The van der Waals surface area contributed by atoms with Gasteiger partial charge < -0.3 is 9.64 Å². The van der Waals surface area contributed by atoms with Crippen LogP contribution in [-0.2, 0) is 4.74 Å². The Bertz CT molecular complexity index is 1010. The lowest BCUT2D eigenvalue weighted by Gasteiger charge is -2.37. The lowest BCUT2D eigenvalue weighted by atomic mass is 9.77. The lowest BCUT2D eigenvalue weighted by molar-refractivity contribution is -0.0375. The van der Waals surface area contributed by atoms with E-state index in [1.807, 2.05) is 29.1 Å². The van der Waals surface area contributed by atoms with E-state index in [-0.39, 0.29) is 12.1 Å². The Kier molecular flexibility index (Phi) is 4.87. The average Bonchev–Trinajstić information content (AvgIpc) is 3.36. The molecule has 2 aliphatic carbocycles. The molecule has 6 rings (SSSR count). The summed E-state index contributed by atoms with van der Waals surface area (Å²) in [5, 5.41) is 17.4. The van der Waals surface area contributed by atoms with E-state index in [0.717, 1.165) is 55.5 Å². The van der Waals surface area contributed by atoms with Crippen LogP contribution in [0.4, 0.5) is 5.82 Å². The number of anilines is 1. The third-order valence-corrected chi connectivity index (χ3v) is 7.02. The first kappa shape index (κ1) is 18.9. The van der Waals surface area contributed by atoms with Gasteiger partial charge in [0.2, 0.25) is 0 Å². The first-order chi connectivity index (χ1) is 15.3. The van der Waals surface area contributed by atoms with Crippen molar-refractivity contribution in [1.29, 1.82) is 0 Å². The molecule has 3 aromatic rings. The number of rotatable bonds is 6. The van der Waals surface area contributed by atoms with Gasteiger partial charge in [-0.3, -0.25) is 4.98 Å². The summed E-state index contributed by atoms with van der Waals surface area (Å²) in [6.45, 7) is 2.91. The normalized spacial score (nSPS) is 27.9. The number of aromatic nitrogens is 6. The zero-order chi connectivity index (χ0) is 20.6. The Labute approximate surface area is 181 Å². The van der Waals surface area contributed by atoms with Gasteiger partial charge in [-0.25, -0.2) is 4.68 Å². The van der Waals surface area contributed by atoms with E-state index in [4.69, 9.17) is 4.74 Å². The maximum absolute atomic E-state index is 6.49. The molecule has 0 amide bonds. The number of ether oxygens (including phenoxy) is 1. The minimum atomic E-state index is 0.173. The van der Waals surface area contributed by atoms with Crippen molar-refractivity contribution in [2.45, 2.75) is 37.8 Å². The van der Waals surface area contributed by atoms with Gasteiger partial charge in [0, 0.05) is 43.9 Å².